The summed E-state index contributed by atoms with van der Waals surface area (Å²) in [6.07, 6.45) is 0. The number of ether oxygens (including phenoxy) is 1. The highest BCUT2D eigenvalue weighted by Gasteiger charge is 2.25. The Morgan fingerprint density at radius 3 is 2.27 bits per heavy atom. The molecule has 1 amide bonds. The van der Waals surface area contributed by atoms with Gasteiger partial charge in [0.2, 0.25) is 5.91 Å². The monoisotopic (exact) mass is 449 g/mol. The van der Waals surface area contributed by atoms with E-state index >= 15 is 0 Å². The molecule has 33 heavy (non-hydrogen) atoms. The number of anilines is 1. The van der Waals surface area contributed by atoms with E-state index < -0.39 is 0 Å². The molecule has 0 atom stereocenters. The predicted octanol–water partition coefficient (Wildman–Crippen LogP) is 4.13. The summed E-state index contributed by atoms with van der Waals surface area (Å²) < 4.78 is 20.3. The Morgan fingerprint density at radius 1 is 0.970 bits per heavy atom. The Balaban J connectivity index is 1.51. The summed E-state index contributed by atoms with van der Waals surface area (Å²) in [5.41, 5.74) is 3.89. The predicted molar refractivity (Wildman–Crippen MR) is 126 cm³/mol. The standard InChI is InChI=1S/C26H28FN3O3/c1-3-33-26(32)23-17-24(20-7-5-4-6-8-20)30(19(23)2)18-25(31)29-15-13-28(14-16-29)22-11-9-21(27)10-12-22/h4-12,17H,3,13-16,18H2,1-2H3. The lowest BCUT2D eigenvalue weighted by molar-refractivity contribution is -0.132. The highest BCUT2D eigenvalue weighted by Crippen LogP contribution is 2.27. The second-order valence-electron chi connectivity index (χ2n) is 8.05. The molecule has 1 saturated heterocycles. The number of rotatable bonds is 6. The Kier molecular flexibility index (Phi) is 6.77. The quantitative estimate of drug-likeness (QED) is 0.531. The molecule has 1 aliphatic rings. The van der Waals surface area contributed by atoms with E-state index in [2.05, 4.69) is 4.90 Å². The van der Waals surface area contributed by atoms with Crippen LogP contribution in [0.1, 0.15) is 23.0 Å². The maximum atomic E-state index is 13.2. The van der Waals surface area contributed by atoms with Gasteiger partial charge in [-0.2, -0.15) is 0 Å². The second kappa shape index (κ2) is 9.90. The van der Waals surface area contributed by atoms with Gasteiger partial charge in [-0.05, 0) is 49.7 Å². The van der Waals surface area contributed by atoms with Gasteiger partial charge < -0.3 is 19.1 Å². The van der Waals surface area contributed by atoms with E-state index in [4.69, 9.17) is 4.74 Å². The molecular formula is C26H28FN3O3. The van der Waals surface area contributed by atoms with Crippen LogP contribution < -0.4 is 4.90 Å². The molecule has 0 spiro atoms. The number of halogens is 1. The normalized spacial score (nSPS) is 13.8. The van der Waals surface area contributed by atoms with Crippen LogP contribution in [-0.4, -0.2) is 54.1 Å². The topological polar surface area (TPSA) is 54.8 Å². The zero-order chi connectivity index (χ0) is 23.4. The minimum absolute atomic E-state index is 0.0000427. The number of hydrogen-bond donors (Lipinski definition) is 0. The maximum Gasteiger partial charge on any atom is 0.339 e. The van der Waals surface area contributed by atoms with Crippen molar-refractivity contribution < 1.29 is 18.7 Å². The van der Waals surface area contributed by atoms with Crippen LogP contribution in [0, 0.1) is 12.7 Å². The number of esters is 1. The lowest BCUT2D eigenvalue weighted by Gasteiger charge is -2.36. The van der Waals surface area contributed by atoms with Crippen molar-refractivity contribution >= 4 is 17.6 Å². The van der Waals surface area contributed by atoms with Gasteiger partial charge in [0, 0.05) is 43.3 Å². The number of benzene rings is 2. The van der Waals surface area contributed by atoms with Crippen molar-refractivity contribution in [3.05, 3.63) is 77.7 Å². The highest BCUT2D eigenvalue weighted by molar-refractivity contribution is 5.93. The highest BCUT2D eigenvalue weighted by atomic mass is 19.1. The summed E-state index contributed by atoms with van der Waals surface area (Å²) >= 11 is 0. The van der Waals surface area contributed by atoms with Crippen molar-refractivity contribution in [1.82, 2.24) is 9.47 Å². The number of hydrogen-bond acceptors (Lipinski definition) is 4. The maximum absolute atomic E-state index is 13.2. The first-order chi connectivity index (χ1) is 16.0. The summed E-state index contributed by atoms with van der Waals surface area (Å²) in [5.74, 6) is -0.641. The first kappa shape index (κ1) is 22.6. The first-order valence-electron chi connectivity index (χ1n) is 11.2. The molecule has 4 rings (SSSR count). The molecule has 2 aromatic carbocycles. The van der Waals surface area contributed by atoms with Gasteiger partial charge in [-0.15, -0.1) is 0 Å². The third-order valence-electron chi connectivity index (χ3n) is 6.05. The lowest BCUT2D eigenvalue weighted by Crippen LogP contribution is -2.49. The molecule has 0 bridgehead atoms. The first-order valence-corrected chi connectivity index (χ1v) is 11.2. The zero-order valence-electron chi connectivity index (χ0n) is 19.0. The number of amides is 1. The molecule has 0 aliphatic carbocycles. The number of aromatic nitrogens is 1. The third kappa shape index (κ3) is 4.92. The van der Waals surface area contributed by atoms with Crippen LogP contribution in [0.2, 0.25) is 0 Å². The van der Waals surface area contributed by atoms with Crippen LogP contribution in [0.25, 0.3) is 11.3 Å². The summed E-state index contributed by atoms with van der Waals surface area (Å²) in [4.78, 5) is 29.7. The van der Waals surface area contributed by atoms with Crippen LogP contribution in [0.5, 0.6) is 0 Å². The van der Waals surface area contributed by atoms with E-state index in [-0.39, 0.29) is 24.2 Å². The van der Waals surface area contributed by atoms with Gasteiger partial charge in [-0.1, -0.05) is 30.3 Å². The van der Waals surface area contributed by atoms with E-state index in [0.717, 1.165) is 16.9 Å². The minimum Gasteiger partial charge on any atom is -0.462 e. The average molecular weight is 450 g/mol. The molecule has 3 aromatic rings. The molecule has 6 nitrogen and oxygen atoms in total. The van der Waals surface area contributed by atoms with Gasteiger partial charge >= 0.3 is 5.97 Å². The number of carbonyl (C=O) groups is 2. The third-order valence-corrected chi connectivity index (χ3v) is 6.05. The fourth-order valence-corrected chi connectivity index (χ4v) is 4.21. The van der Waals surface area contributed by atoms with Crippen LogP contribution in [0.4, 0.5) is 10.1 Å². The molecule has 1 aromatic heterocycles. The Labute approximate surface area is 193 Å². The van der Waals surface area contributed by atoms with Crippen LogP contribution in [0.3, 0.4) is 0 Å². The minimum atomic E-state index is -0.383. The fraction of sp³-hybridized carbons (Fsp3) is 0.308. The summed E-state index contributed by atoms with van der Waals surface area (Å²) in [7, 11) is 0. The van der Waals surface area contributed by atoms with Gasteiger partial charge in [0.25, 0.3) is 0 Å². The molecular weight excluding hydrogens is 421 g/mol. The number of nitrogens with zero attached hydrogens (tertiary/aromatic N) is 3. The lowest BCUT2D eigenvalue weighted by atomic mass is 10.1. The Bertz CT molecular complexity index is 1120. The molecule has 0 N–H and O–H groups in total. The number of carbonyl (C=O) groups excluding carboxylic acids is 2. The summed E-state index contributed by atoms with van der Waals surface area (Å²) in [5, 5.41) is 0. The van der Waals surface area contributed by atoms with Crippen molar-refractivity contribution in [2.75, 3.05) is 37.7 Å². The van der Waals surface area contributed by atoms with E-state index in [1.165, 1.54) is 12.1 Å². The van der Waals surface area contributed by atoms with Crippen LogP contribution >= 0.6 is 0 Å². The molecule has 0 saturated carbocycles. The molecule has 2 heterocycles. The van der Waals surface area contributed by atoms with Crippen LogP contribution in [0.15, 0.2) is 60.7 Å². The van der Waals surface area contributed by atoms with Gasteiger partial charge in [0.1, 0.15) is 12.4 Å². The average Bonchev–Trinajstić information content (AvgIpc) is 3.16. The van der Waals surface area contributed by atoms with E-state index in [1.54, 1.807) is 19.1 Å². The van der Waals surface area contributed by atoms with Crippen molar-refractivity contribution in [2.24, 2.45) is 0 Å². The van der Waals surface area contributed by atoms with Gasteiger partial charge in [-0.25, -0.2) is 9.18 Å². The Morgan fingerprint density at radius 2 is 1.64 bits per heavy atom. The van der Waals surface area contributed by atoms with E-state index in [1.807, 2.05) is 52.8 Å². The van der Waals surface area contributed by atoms with Crippen LogP contribution in [-0.2, 0) is 16.1 Å². The summed E-state index contributed by atoms with van der Waals surface area (Å²) in [6.45, 7) is 6.59. The van der Waals surface area contributed by atoms with Crippen molar-refractivity contribution in [3.8, 4) is 11.3 Å². The fourth-order valence-electron chi connectivity index (χ4n) is 4.21. The zero-order valence-corrected chi connectivity index (χ0v) is 19.0. The number of piperazine rings is 1. The van der Waals surface area contributed by atoms with Crippen molar-refractivity contribution in [3.63, 3.8) is 0 Å². The molecule has 172 valence electrons. The van der Waals surface area contributed by atoms with Gasteiger partial charge in [0.05, 0.1) is 12.2 Å². The largest absolute Gasteiger partial charge is 0.462 e. The molecule has 0 unspecified atom stereocenters. The SMILES string of the molecule is CCOC(=O)c1cc(-c2ccccc2)n(CC(=O)N2CCN(c3ccc(F)cc3)CC2)c1C. The van der Waals surface area contributed by atoms with Crippen molar-refractivity contribution in [2.45, 2.75) is 20.4 Å². The molecule has 1 aliphatic heterocycles. The van der Waals surface area contributed by atoms with Gasteiger partial charge in [0.15, 0.2) is 0 Å². The van der Waals surface area contributed by atoms with Crippen molar-refractivity contribution in [1.29, 1.82) is 0 Å². The van der Waals surface area contributed by atoms with Gasteiger partial charge in [-0.3, -0.25) is 4.79 Å². The smallest absolute Gasteiger partial charge is 0.339 e. The molecule has 7 heteroatoms. The van der Waals surface area contributed by atoms with E-state index in [0.29, 0.717) is 44.0 Å². The summed E-state index contributed by atoms with van der Waals surface area (Å²) in [6, 6.07) is 18.0. The Hall–Kier alpha value is -3.61. The molecule has 0 radical (unpaired) electrons. The molecule has 1 fully saturated rings. The van der Waals surface area contributed by atoms with E-state index in [9.17, 15) is 14.0 Å². The second-order valence-corrected chi connectivity index (χ2v) is 8.05.